The van der Waals surface area contributed by atoms with Gasteiger partial charge in [-0.05, 0) is 13.0 Å². The third-order valence-corrected chi connectivity index (χ3v) is 2.61. The van der Waals surface area contributed by atoms with Gasteiger partial charge in [0.15, 0.2) is 0 Å². The maximum atomic E-state index is 10.6. The van der Waals surface area contributed by atoms with E-state index in [2.05, 4.69) is 20.4 Å². The zero-order valence-electron chi connectivity index (χ0n) is 13.0. The molecule has 0 saturated carbocycles. The number of rotatable bonds is 4. The van der Waals surface area contributed by atoms with Crippen molar-refractivity contribution in [2.45, 2.75) is 13.1 Å². The van der Waals surface area contributed by atoms with E-state index in [1.807, 2.05) is 26.2 Å². The van der Waals surface area contributed by atoms with Crippen molar-refractivity contribution in [3.8, 4) is 11.3 Å². The highest BCUT2D eigenvalue weighted by atomic mass is 19.4. The first-order valence-corrected chi connectivity index (χ1v) is 6.73. The van der Waals surface area contributed by atoms with Gasteiger partial charge in [0, 0.05) is 38.1 Å². The Kier molecular flexibility index (Phi) is 6.65. The SMILES string of the molecule is Cc1nn(C)cc1-c1ccnc(NCCN)n1.O=C(O)C(F)(F)F. The van der Waals surface area contributed by atoms with Crippen LogP contribution in [0.25, 0.3) is 11.3 Å². The summed E-state index contributed by atoms with van der Waals surface area (Å²) in [5.41, 5.74) is 8.26. The van der Waals surface area contributed by atoms with Crippen molar-refractivity contribution >= 4 is 11.9 Å². The van der Waals surface area contributed by atoms with Crippen LogP contribution in [0.3, 0.4) is 0 Å². The largest absolute Gasteiger partial charge is 0.490 e. The molecule has 0 bridgehead atoms. The van der Waals surface area contributed by atoms with Gasteiger partial charge in [-0.3, -0.25) is 4.68 Å². The summed E-state index contributed by atoms with van der Waals surface area (Å²) in [6.07, 6.45) is -1.40. The molecule has 0 fully saturated rings. The fourth-order valence-corrected chi connectivity index (χ4v) is 1.63. The Morgan fingerprint density at radius 2 is 2.08 bits per heavy atom. The number of hydrogen-bond acceptors (Lipinski definition) is 6. The van der Waals surface area contributed by atoms with Crippen molar-refractivity contribution in [2.75, 3.05) is 18.4 Å². The molecule has 2 heterocycles. The second-order valence-corrected chi connectivity index (χ2v) is 4.59. The molecule has 24 heavy (non-hydrogen) atoms. The topological polar surface area (TPSA) is 119 Å². The first kappa shape index (κ1) is 19.4. The summed E-state index contributed by atoms with van der Waals surface area (Å²) in [6, 6.07) is 1.87. The number of aliphatic carboxylic acids is 1. The van der Waals surface area contributed by atoms with E-state index in [0.29, 0.717) is 19.0 Å². The van der Waals surface area contributed by atoms with E-state index in [-0.39, 0.29) is 0 Å². The van der Waals surface area contributed by atoms with Crippen LogP contribution in [0.15, 0.2) is 18.5 Å². The lowest BCUT2D eigenvalue weighted by Gasteiger charge is -2.04. The fourth-order valence-electron chi connectivity index (χ4n) is 1.63. The van der Waals surface area contributed by atoms with Crippen molar-refractivity contribution in [3.63, 3.8) is 0 Å². The number of nitrogens with one attached hydrogen (secondary N) is 1. The summed E-state index contributed by atoms with van der Waals surface area (Å²) in [5.74, 6) is -2.16. The molecule has 0 atom stereocenters. The molecule has 0 spiro atoms. The second kappa shape index (κ2) is 8.24. The molecule has 132 valence electrons. The summed E-state index contributed by atoms with van der Waals surface area (Å²) < 4.78 is 33.5. The van der Waals surface area contributed by atoms with Crippen LogP contribution in [-0.4, -0.2) is 50.1 Å². The number of halogens is 3. The van der Waals surface area contributed by atoms with E-state index in [1.165, 1.54) is 0 Å². The summed E-state index contributed by atoms with van der Waals surface area (Å²) in [5, 5.41) is 14.5. The number of anilines is 1. The lowest BCUT2D eigenvalue weighted by Crippen LogP contribution is -2.21. The molecule has 0 aromatic carbocycles. The van der Waals surface area contributed by atoms with Gasteiger partial charge in [-0.25, -0.2) is 14.8 Å². The standard InChI is InChI=1S/C11H16N6.C2HF3O2/c1-8-9(7-17(2)16-8)10-3-5-13-11(15-10)14-6-4-12;3-2(4,5)1(6)7/h3,5,7H,4,6,12H2,1-2H3,(H,13,14,15);(H,6,7). The molecule has 0 aliphatic heterocycles. The van der Waals surface area contributed by atoms with E-state index in [1.54, 1.807) is 10.9 Å². The van der Waals surface area contributed by atoms with Gasteiger partial charge in [0.05, 0.1) is 11.4 Å². The highest BCUT2D eigenvalue weighted by Crippen LogP contribution is 2.20. The van der Waals surface area contributed by atoms with Gasteiger partial charge in [-0.1, -0.05) is 0 Å². The van der Waals surface area contributed by atoms with E-state index in [0.717, 1.165) is 17.0 Å². The van der Waals surface area contributed by atoms with Crippen LogP contribution < -0.4 is 11.1 Å². The summed E-state index contributed by atoms with van der Waals surface area (Å²) in [6.45, 7) is 3.18. The van der Waals surface area contributed by atoms with Crippen molar-refractivity contribution in [1.82, 2.24) is 19.7 Å². The van der Waals surface area contributed by atoms with Crippen LogP contribution in [-0.2, 0) is 11.8 Å². The Bertz CT molecular complexity index is 687. The number of hydrogen-bond donors (Lipinski definition) is 3. The average molecular weight is 346 g/mol. The summed E-state index contributed by atoms with van der Waals surface area (Å²) in [4.78, 5) is 17.5. The van der Waals surface area contributed by atoms with Gasteiger partial charge in [0.2, 0.25) is 5.95 Å². The van der Waals surface area contributed by atoms with Crippen molar-refractivity contribution in [2.24, 2.45) is 12.8 Å². The number of aryl methyl sites for hydroxylation is 2. The molecular formula is C13H17F3N6O2. The minimum Gasteiger partial charge on any atom is -0.475 e. The Balaban J connectivity index is 0.000000351. The van der Waals surface area contributed by atoms with Crippen LogP contribution in [0.5, 0.6) is 0 Å². The molecule has 4 N–H and O–H groups in total. The molecule has 0 radical (unpaired) electrons. The third-order valence-electron chi connectivity index (χ3n) is 2.61. The van der Waals surface area contributed by atoms with E-state index in [4.69, 9.17) is 15.6 Å². The Labute approximate surface area is 135 Å². The summed E-state index contributed by atoms with van der Waals surface area (Å²) >= 11 is 0. The van der Waals surface area contributed by atoms with Crippen LogP contribution in [0.4, 0.5) is 19.1 Å². The maximum absolute atomic E-state index is 10.6. The van der Waals surface area contributed by atoms with E-state index in [9.17, 15) is 13.2 Å². The van der Waals surface area contributed by atoms with Gasteiger partial charge >= 0.3 is 12.1 Å². The molecular weight excluding hydrogens is 329 g/mol. The number of nitrogens with zero attached hydrogens (tertiary/aromatic N) is 4. The Hall–Kier alpha value is -2.69. The van der Waals surface area contributed by atoms with Gasteiger partial charge in [-0.15, -0.1) is 0 Å². The van der Waals surface area contributed by atoms with Crippen molar-refractivity contribution < 1.29 is 23.1 Å². The molecule has 2 aromatic rings. The normalized spacial score (nSPS) is 10.8. The first-order chi connectivity index (χ1) is 11.1. The number of carboxylic acid groups (broad SMARTS) is 1. The van der Waals surface area contributed by atoms with Crippen LogP contribution in [0.2, 0.25) is 0 Å². The van der Waals surface area contributed by atoms with Crippen molar-refractivity contribution in [1.29, 1.82) is 0 Å². The number of aromatic nitrogens is 4. The highest BCUT2D eigenvalue weighted by molar-refractivity contribution is 5.73. The number of carboxylic acids is 1. The number of nitrogens with two attached hydrogens (primary N) is 1. The van der Waals surface area contributed by atoms with Crippen LogP contribution in [0, 0.1) is 6.92 Å². The average Bonchev–Trinajstić information content (AvgIpc) is 2.84. The monoisotopic (exact) mass is 346 g/mol. The van der Waals surface area contributed by atoms with E-state index >= 15 is 0 Å². The fraction of sp³-hybridized carbons (Fsp3) is 0.385. The smallest absolute Gasteiger partial charge is 0.475 e. The molecule has 0 aliphatic rings. The molecule has 0 saturated heterocycles. The molecule has 0 aliphatic carbocycles. The highest BCUT2D eigenvalue weighted by Gasteiger charge is 2.38. The number of carbonyl (C=O) groups is 1. The number of alkyl halides is 3. The predicted molar refractivity (Wildman–Crippen MR) is 80.2 cm³/mol. The molecule has 0 amide bonds. The first-order valence-electron chi connectivity index (χ1n) is 6.73. The molecule has 11 heteroatoms. The molecule has 2 aromatic heterocycles. The Morgan fingerprint density at radius 3 is 2.54 bits per heavy atom. The molecule has 8 nitrogen and oxygen atoms in total. The summed E-state index contributed by atoms with van der Waals surface area (Å²) in [7, 11) is 1.89. The van der Waals surface area contributed by atoms with Gasteiger partial charge < -0.3 is 16.2 Å². The lowest BCUT2D eigenvalue weighted by molar-refractivity contribution is -0.192. The van der Waals surface area contributed by atoms with Gasteiger partial charge in [0.25, 0.3) is 0 Å². The van der Waals surface area contributed by atoms with E-state index < -0.39 is 12.1 Å². The zero-order chi connectivity index (χ0) is 18.3. The minimum absolute atomic E-state index is 0.555. The lowest BCUT2D eigenvalue weighted by atomic mass is 10.2. The van der Waals surface area contributed by atoms with Crippen LogP contribution in [0.1, 0.15) is 5.69 Å². The minimum atomic E-state index is -5.08. The second-order valence-electron chi connectivity index (χ2n) is 4.59. The maximum Gasteiger partial charge on any atom is 0.490 e. The van der Waals surface area contributed by atoms with Gasteiger partial charge in [0.1, 0.15) is 0 Å². The zero-order valence-corrected chi connectivity index (χ0v) is 13.0. The Morgan fingerprint density at radius 1 is 1.46 bits per heavy atom. The molecule has 2 rings (SSSR count). The van der Waals surface area contributed by atoms with Gasteiger partial charge in [-0.2, -0.15) is 18.3 Å². The molecule has 0 unspecified atom stereocenters. The van der Waals surface area contributed by atoms with Crippen LogP contribution >= 0.6 is 0 Å². The quantitative estimate of drug-likeness (QED) is 0.761. The third kappa shape index (κ3) is 5.83. The predicted octanol–water partition coefficient (Wildman–Crippen LogP) is 1.19. The van der Waals surface area contributed by atoms with Crippen molar-refractivity contribution in [3.05, 3.63) is 24.2 Å².